The van der Waals surface area contributed by atoms with Crippen molar-refractivity contribution in [3.63, 3.8) is 0 Å². The van der Waals surface area contributed by atoms with Crippen molar-refractivity contribution in [2.45, 2.75) is 12.6 Å². The average Bonchev–Trinajstić information content (AvgIpc) is 3.21. The lowest BCUT2D eigenvalue weighted by molar-refractivity contribution is 0.0971. The summed E-state index contributed by atoms with van der Waals surface area (Å²) in [7, 11) is 0. The van der Waals surface area contributed by atoms with Crippen LogP contribution in [0.1, 0.15) is 33.3 Å². The topological polar surface area (TPSA) is 59.8 Å². The smallest absolute Gasteiger partial charge is 0.295 e. The average molecular weight is 512 g/mol. The van der Waals surface area contributed by atoms with Crippen LogP contribution in [0.25, 0.3) is 11.0 Å². The molecule has 5 aromatic rings. The molecule has 1 aliphatic rings. The highest BCUT2D eigenvalue weighted by atomic mass is 35.5. The Morgan fingerprint density at radius 3 is 2.43 bits per heavy atom. The number of fused-ring (bicyclic) bond motifs is 2. The van der Waals surface area contributed by atoms with Crippen LogP contribution in [0.3, 0.4) is 0 Å². The molecule has 7 heteroatoms. The van der Waals surface area contributed by atoms with Crippen molar-refractivity contribution in [3.05, 3.63) is 141 Å². The van der Waals surface area contributed by atoms with E-state index in [-0.39, 0.29) is 22.3 Å². The molecule has 6 rings (SSSR count). The molecule has 0 aliphatic carbocycles. The van der Waals surface area contributed by atoms with Crippen molar-refractivity contribution in [1.29, 1.82) is 0 Å². The molecule has 2 heterocycles. The van der Waals surface area contributed by atoms with Crippen LogP contribution in [-0.4, -0.2) is 5.91 Å². The SMILES string of the molecule is O=C1c2oc3ccc(F)cc3c(=O)c2C(c2ccc(OCc3ccccc3)cc2)N1c1cccc(Cl)c1. The maximum Gasteiger partial charge on any atom is 0.295 e. The highest BCUT2D eigenvalue weighted by molar-refractivity contribution is 6.31. The fourth-order valence-corrected chi connectivity index (χ4v) is 4.82. The van der Waals surface area contributed by atoms with Gasteiger partial charge < -0.3 is 9.15 Å². The molecule has 37 heavy (non-hydrogen) atoms. The fraction of sp³-hybridized carbons (Fsp3) is 0.0667. The zero-order chi connectivity index (χ0) is 25.5. The zero-order valence-electron chi connectivity index (χ0n) is 19.4. The van der Waals surface area contributed by atoms with Gasteiger partial charge >= 0.3 is 0 Å². The number of carbonyl (C=O) groups is 1. The quantitative estimate of drug-likeness (QED) is 0.257. The number of hydrogen-bond acceptors (Lipinski definition) is 4. The number of nitrogens with zero attached hydrogens (tertiary/aromatic N) is 1. The van der Waals surface area contributed by atoms with Crippen LogP contribution in [0.15, 0.2) is 106 Å². The summed E-state index contributed by atoms with van der Waals surface area (Å²) in [6.45, 7) is 0.403. The van der Waals surface area contributed by atoms with E-state index in [1.165, 1.54) is 17.0 Å². The summed E-state index contributed by atoms with van der Waals surface area (Å²) in [6, 6.07) is 26.7. The first-order chi connectivity index (χ1) is 18.0. The normalized spacial score (nSPS) is 14.7. The molecule has 1 unspecified atom stereocenters. The lowest BCUT2D eigenvalue weighted by Gasteiger charge is -2.25. The maximum absolute atomic E-state index is 14.0. The summed E-state index contributed by atoms with van der Waals surface area (Å²) in [5.74, 6) is -0.472. The van der Waals surface area contributed by atoms with Crippen LogP contribution in [0.2, 0.25) is 5.02 Å². The Kier molecular flexibility index (Phi) is 5.74. The van der Waals surface area contributed by atoms with E-state index in [2.05, 4.69) is 0 Å². The number of rotatable bonds is 5. The summed E-state index contributed by atoms with van der Waals surface area (Å²) < 4.78 is 25.8. The molecule has 1 amide bonds. The van der Waals surface area contributed by atoms with Gasteiger partial charge in [-0.1, -0.05) is 60.1 Å². The summed E-state index contributed by atoms with van der Waals surface area (Å²) in [6.07, 6.45) is 0. The monoisotopic (exact) mass is 511 g/mol. The third-order valence-electron chi connectivity index (χ3n) is 6.36. The number of carbonyl (C=O) groups excluding carboxylic acids is 1. The van der Waals surface area contributed by atoms with Gasteiger partial charge in [-0.05, 0) is 59.7 Å². The zero-order valence-corrected chi connectivity index (χ0v) is 20.1. The van der Waals surface area contributed by atoms with Crippen molar-refractivity contribution in [1.82, 2.24) is 0 Å². The molecule has 0 radical (unpaired) electrons. The molecule has 1 aliphatic heterocycles. The molecule has 0 spiro atoms. The van der Waals surface area contributed by atoms with Gasteiger partial charge in [-0.15, -0.1) is 0 Å². The Bertz CT molecular complexity index is 1700. The van der Waals surface area contributed by atoms with Crippen LogP contribution < -0.4 is 15.1 Å². The Balaban J connectivity index is 1.45. The molecule has 1 atom stereocenters. The van der Waals surface area contributed by atoms with Gasteiger partial charge in [-0.25, -0.2) is 4.39 Å². The van der Waals surface area contributed by atoms with E-state index in [0.717, 1.165) is 11.6 Å². The summed E-state index contributed by atoms with van der Waals surface area (Å²) in [4.78, 5) is 28.7. The lowest BCUT2D eigenvalue weighted by Crippen LogP contribution is -2.29. The van der Waals surface area contributed by atoms with E-state index in [4.69, 9.17) is 20.8 Å². The highest BCUT2D eigenvalue weighted by Crippen LogP contribution is 2.42. The number of benzene rings is 4. The van der Waals surface area contributed by atoms with E-state index < -0.39 is 23.2 Å². The molecular weight excluding hydrogens is 493 g/mol. The number of ether oxygens (including phenoxy) is 1. The van der Waals surface area contributed by atoms with Gasteiger partial charge in [-0.2, -0.15) is 0 Å². The van der Waals surface area contributed by atoms with E-state index in [0.29, 0.717) is 28.6 Å². The van der Waals surface area contributed by atoms with Crippen LogP contribution in [0, 0.1) is 5.82 Å². The van der Waals surface area contributed by atoms with Crippen LogP contribution >= 0.6 is 11.6 Å². The van der Waals surface area contributed by atoms with Crippen molar-refractivity contribution in [3.8, 4) is 5.75 Å². The van der Waals surface area contributed by atoms with Crippen molar-refractivity contribution in [2.75, 3.05) is 4.90 Å². The Morgan fingerprint density at radius 2 is 1.68 bits per heavy atom. The summed E-state index contributed by atoms with van der Waals surface area (Å²) in [5.41, 5.74) is 2.06. The van der Waals surface area contributed by atoms with Crippen LogP contribution in [-0.2, 0) is 6.61 Å². The minimum atomic E-state index is -0.798. The van der Waals surface area contributed by atoms with Gasteiger partial charge in [-0.3, -0.25) is 14.5 Å². The first-order valence-corrected chi connectivity index (χ1v) is 12.0. The van der Waals surface area contributed by atoms with Gasteiger partial charge in [0, 0.05) is 10.7 Å². The van der Waals surface area contributed by atoms with Gasteiger partial charge in [0.15, 0.2) is 5.43 Å². The number of hydrogen-bond donors (Lipinski definition) is 0. The minimum Gasteiger partial charge on any atom is -0.489 e. The van der Waals surface area contributed by atoms with Crippen molar-refractivity contribution >= 4 is 34.2 Å². The Labute approximate surface area is 216 Å². The summed E-state index contributed by atoms with van der Waals surface area (Å²) in [5, 5.41) is 0.517. The number of halogens is 2. The second kappa shape index (κ2) is 9.22. The third-order valence-corrected chi connectivity index (χ3v) is 6.60. The third kappa shape index (κ3) is 4.15. The molecular formula is C30H19ClFNO4. The van der Waals surface area contributed by atoms with Gasteiger partial charge in [0.05, 0.1) is 17.0 Å². The van der Waals surface area contributed by atoms with Crippen LogP contribution in [0.4, 0.5) is 10.1 Å². The fourth-order valence-electron chi connectivity index (χ4n) is 4.64. The van der Waals surface area contributed by atoms with E-state index in [1.807, 2.05) is 30.3 Å². The summed E-state index contributed by atoms with van der Waals surface area (Å²) >= 11 is 6.23. The van der Waals surface area contributed by atoms with E-state index in [9.17, 15) is 14.0 Å². The maximum atomic E-state index is 14.0. The molecule has 4 aromatic carbocycles. The largest absolute Gasteiger partial charge is 0.489 e. The molecule has 5 nitrogen and oxygen atoms in total. The van der Waals surface area contributed by atoms with Gasteiger partial charge in [0.25, 0.3) is 5.91 Å². The van der Waals surface area contributed by atoms with Crippen molar-refractivity contribution < 1.29 is 18.3 Å². The molecule has 0 bridgehead atoms. The molecule has 0 fully saturated rings. The minimum absolute atomic E-state index is 0.0708. The number of anilines is 1. The first-order valence-electron chi connectivity index (χ1n) is 11.6. The molecule has 1 aromatic heterocycles. The standard InChI is InChI=1S/C30H19ClFNO4/c31-20-7-4-8-22(15-20)33-27(19-9-12-23(13-10-19)36-17-18-5-2-1-3-6-18)26-28(34)24-16-21(32)11-14-25(24)37-29(26)30(33)35/h1-16,27H,17H2. The van der Waals surface area contributed by atoms with E-state index in [1.54, 1.807) is 48.5 Å². The first kappa shape index (κ1) is 23.0. The second-order valence-corrected chi connectivity index (χ2v) is 9.15. The predicted octanol–water partition coefficient (Wildman–Crippen LogP) is 6.91. The lowest BCUT2D eigenvalue weighted by atomic mass is 9.98. The molecule has 182 valence electrons. The molecule has 0 saturated carbocycles. The molecule has 0 N–H and O–H groups in total. The second-order valence-electron chi connectivity index (χ2n) is 8.72. The molecule has 0 saturated heterocycles. The Hall–Kier alpha value is -4.42. The highest BCUT2D eigenvalue weighted by Gasteiger charge is 2.43. The van der Waals surface area contributed by atoms with Crippen LogP contribution in [0.5, 0.6) is 5.75 Å². The predicted molar refractivity (Wildman–Crippen MR) is 140 cm³/mol. The van der Waals surface area contributed by atoms with E-state index >= 15 is 0 Å². The van der Waals surface area contributed by atoms with Gasteiger partial charge in [0.1, 0.15) is 23.8 Å². The Morgan fingerprint density at radius 1 is 0.892 bits per heavy atom. The van der Waals surface area contributed by atoms with Crippen molar-refractivity contribution in [2.24, 2.45) is 0 Å². The number of amides is 1. The van der Waals surface area contributed by atoms with Gasteiger partial charge in [0.2, 0.25) is 5.76 Å².